The highest BCUT2D eigenvalue weighted by Gasteiger charge is 2.27. The SMILES string of the molecule is C=CN=c1c(F)cc(C(=C)c2cnc(CCC(F)(F)F)nc2C)cn1C. The van der Waals surface area contributed by atoms with E-state index in [0.717, 1.165) is 0 Å². The molecule has 26 heavy (non-hydrogen) atoms. The first-order chi connectivity index (χ1) is 12.1. The Morgan fingerprint density at radius 1 is 1.38 bits per heavy atom. The highest BCUT2D eigenvalue weighted by Crippen LogP contribution is 2.24. The topological polar surface area (TPSA) is 43.1 Å². The van der Waals surface area contributed by atoms with E-state index in [1.165, 1.54) is 23.0 Å². The molecule has 0 fully saturated rings. The predicted octanol–water partition coefficient (Wildman–Crippen LogP) is 3.86. The Bertz CT molecular complexity index is 884. The van der Waals surface area contributed by atoms with Crippen molar-refractivity contribution in [3.8, 4) is 0 Å². The second kappa shape index (κ2) is 7.63. The molecule has 0 N–H and O–H groups in total. The standard InChI is InChI=1S/C18H18F4N4/c1-5-23-17-15(19)8-13(10-26(17)4)11(2)14-9-24-16(25-12(14)3)6-7-18(20,21)22/h5,8-10H,1-2,6-7H2,3-4H3. The summed E-state index contributed by atoms with van der Waals surface area (Å²) in [7, 11) is 1.63. The third kappa shape index (κ3) is 4.65. The first kappa shape index (κ1) is 19.6. The van der Waals surface area contributed by atoms with Gasteiger partial charge in [-0.15, -0.1) is 0 Å². The molecule has 0 unspecified atom stereocenters. The molecule has 138 valence electrons. The molecule has 0 aliphatic carbocycles. The van der Waals surface area contributed by atoms with Gasteiger partial charge in [-0.2, -0.15) is 13.2 Å². The Labute approximate surface area is 148 Å². The summed E-state index contributed by atoms with van der Waals surface area (Å²) in [6.45, 7) is 9.03. The minimum Gasteiger partial charge on any atom is -0.333 e. The van der Waals surface area contributed by atoms with Crippen molar-refractivity contribution in [3.05, 3.63) is 71.8 Å². The first-order valence-electron chi connectivity index (χ1n) is 7.72. The van der Waals surface area contributed by atoms with Crippen LogP contribution in [0.25, 0.3) is 5.57 Å². The Hall–Kier alpha value is -2.77. The Kier molecular flexibility index (Phi) is 5.74. The maximum absolute atomic E-state index is 14.2. The van der Waals surface area contributed by atoms with E-state index >= 15 is 0 Å². The molecule has 0 aliphatic rings. The number of nitrogens with zero attached hydrogens (tertiary/aromatic N) is 4. The summed E-state index contributed by atoms with van der Waals surface area (Å²) < 4.78 is 52.6. The van der Waals surface area contributed by atoms with Gasteiger partial charge in [-0.05, 0) is 18.6 Å². The van der Waals surface area contributed by atoms with Crippen molar-refractivity contribution < 1.29 is 17.6 Å². The third-order valence-corrected chi connectivity index (χ3v) is 3.71. The number of aryl methyl sites for hydroxylation is 3. The molecule has 0 aliphatic heterocycles. The lowest BCUT2D eigenvalue weighted by Crippen LogP contribution is -2.21. The van der Waals surface area contributed by atoms with E-state index in [9.17, 15) is 17.6 Å². The summed E-state index contributed by atoms with van der Waals surface area (Å²) in [5.41, 5.74) is 2.08. The lowest BCUT2D eigenvalue weighted by Gasteiger charge is -2.12. The fourth-order valence-corrected chi connectivity index (χ4v) is 2.42. The number of rotatable bonds is 5. The summed E-state index contributed by atoms with van der Waals surface area (Å²) in [4.78, 5) is 11.9. The molecular formula is C18H18F4N4. The Morgan fingerprint density at radius 2 is 2.08 bits per heavy atom. The van der Waals surface area contributed by atoms with Gasteiger partial charge in [0.2, 0.25) is 0 Å². The van der Waals surface area contributed by atoms with Crippen LogP contribution in [-0.2, 0) is 13.5 Å². The number of hydrogen-bond acceptors (Lipinski definition) is 3. The summed E-state index contributed by atoms with van der Waals surface area (Å²) >= 11 is 0. The highest BCUT2D eigenvalue weighted by molar-refractivity contribution is 5.78. The first-order valence-corrected chi connectivity index (χ1v) is 7.72. The summed E-state index contributed by atoms with van der Waals surface area (Å²) in [5, 5.41) is 0. The molecule has 0 aromatic carbocycles. The summed E-state index contributed by atoms with van der Waals surface area (Å²) in [6, 6.07) is 1.28. The van der Waals surface area contributed by atoms with Gasteiger partial charge in [-0.1, -0.05) is 13.2 Å². The summed E-state index contributed by atoms with van der Waals surface area (Å²) in [5.74, 6) is -0.445. The van der Waals surface area contributed by atoms with Crippen LogP contribution in [0.4, 0.5) is 17.6 Å². The van der Waals surface area contributed by atoms with E-state index < -0.39 is 18.4 Å². The van der Waals surface area contributed by atoms with Crippen LogP contribution < -0.4 is 5.49 Å². The third-order valence-electron chi connectivity index (χ3n) is 3.71. The predicted molar refractivity (Wildman–Crippen MR) is 90.4 cm³/mol. The smallest absolute Gasteiger partial charge is 0.333 e. The van der Waals surface area contributed by atoms with Crippen LogP contribution in [0.1, 0.15) is 29.1 Å². The van der Waals surface area contributed by atoms with Gasteiger partial charge < -0.3 is 4.57 Å². The van der Waals surface area contributed by atoms with Crippen LogP contribution in [0.2, 0.25) is 0 Å². The normalized spacial score (nSPS) is 12.3. The molecular weight excluding hydrogens is 348 g/mol. The van der Waals surface area contributed by atoms with Crippen LogP contribution in [0.15, 0.2) is 42.8 Å². The molecule has 2 aromatic heterocycles. The maximum Gasteiger partial charge on any atom is 0.389 e. The number of halogens is 4. The van der Waals surface area contributed by atoms with E-state index in [4.69, 9.17) is 0 Å². The van der Waals surface area contributed by atoms with E-state index in [1.54, 1.807) is 20.2 Å². The zero-order valence-electron chi connectivity index (χ0n) is 14.4. The van der Waals surface area contributed by atoms with Gasteiger partial charge >= 0.3 is 6.18 Å². The molecule has 0 saturated carbocycles. The van der Waals surface area contributed by atoms with E-state index in [-0.39, 0.29) is 17.7 Å². The molecule has 0 spiro atoms. The van der Waals surface area contributed by atoms with E-state index in [1.807, 2.05) is 0 Å². The van der Waals surface area contributed by atoms with Crippen molar-refractivity contribution in [2.45, 2.75) is 25.9 Å². The molecule has 0 saturated heterocycles. The number of aromatic nitrogens is 3. The summed E-state index contributed by atoms with van der Waals surface area (Å²) in [6.07, 6.45) is -1.24. The van der Waals surface area contributed by atoms with Crippen LogP contribution in [0, 0.1) is 12.7 Å². The van der Waals surface area contributed by atoms with Crippen LogP contribution in [0.5, 0.6) is 0 Å². The molecule has 0 bridgehead atoms. The largest absolute Gasteiger partial charge is 0.389 e. The van der Waals surface area contributed by atoms with Crippen molar-refractivity contribution in [2.75, 3.05) is 0 Å². The lowest BCUT2D eigenvalue weighted by atomic mass is 10.0. The van der Waals surface area contributed by atoms with Gasteiger partial charge in [0, 0.05) is 48.9 Å². The second-order valence-corrected chi connectivity index (χ2v) is 5.70. The van der Waals surface area contributed by atoms with Crippen molar-refractivity contribution in [2.24, 2.45) is 12.0 Å². The fraction of sp³-hybridized carbons (Fsp3) is 0.278. The molecule has 0 radical (unpaired) electrons. The Morgan fingerprint density at radius 3 is 2.62 bits per heavy atom. The van der Waals surface area contributed by atoms with Gasteiger partial charge in [0.1, 0.15) is 5.82 Å². The monoisotopic (exact) mass is 366 g/mol. The van der Waals surface area contributed by atoms with Gasteiger partial charge in [-0.25, -0.2) is 19.4 Å². The van der Waals surface area contributed by atoms with Gasteiger partial charge in [0.05, 0.1) is 6.42 Å². The molecule has 8 heteroatoms. The molecule has 2 heterocycles. The minimum atomic E-state index is -4.26. The molecule has 0 atom stereocenters. The number of alkyl halides is 3. The minimum absolute atomic E-state index is 0.105. The number of pyridine rings is 1. The maximum atomic E-state index is 14.2. The highest BCUT2D eigenvalue weighted by atomic mass is 19.4. The van der Waals surface area contributed by atoms with Crippen LogP contribution in [-0.4, -0.2) is 20.7 Å². The lowest BCUT2D eigenvalue weighted by molar-refractivity contribution is -0.134. The zero-order valence-corrected chi connectivity index (χ0v) is 14.4. The van der Waals surface area contributed by atoms with Crippen molar-refractivity contribution in [1.29, 1.82) is 0 Å². The second-order valence-electron chi connectivity index (χ2n) is 5.70. The van der Waals surface area contributed by atoms with Crippen LogP contribution in [0.3, 0.4) is 0 Å². The van der Waals surface area contributed by atoms with Crippen molar-refractivity contribution >= 4 is 5.57 Å². The van der Waals surface area contributed by atoms with Crippen molar-refractivity contribution in [1.82, 2.24) is 14.5 Å². The van der Waals surface area contributed by atoms with Crippen molar-refractivity contribution in [3.63, 3.8) is 0 Å². The molecule has 2 rings (SSSR count). The van der Waals surface area contributed by atoms with Gasteiger partial charge in [0.15, 0.2) is 11.3 Å². The zero-order chi connectivity index (χ0) is 19.5. The van der Waals surface area contributed by atoms with E-state index in [2.05, 4.69) is 28.1 Å². The quantitative estimate of drug-likeness (QED) is 0.754. The molecule has 4 nitrogen and oxygen atoms in total. The van der Waals surface area contributed by atoms with Gasteiger partial charge in [0.25, 0.3) is 0 Å². The molecule has 2 aromatic rings. The average Bonchev–Trinajstić information content (AvgIpc) is 2.55. The fourth-order valence-electron chi connectivity index (χ4n) is 2.42. The molecule has 0 amide bonds. The number of hydrogen-bond donors (Lipinski definition) is 0. The van der Waals surface area contributed by atoms with Crippen LogP contribution >= 0.6 is 0 Å². The Balaban J connectivity index is 2.33. The van der Waals surface area contributed by atoms with Gasteiger partial charge in [-0.3, -0.25) is 0 Å². The average molecular weight is 366 g/mol. The van der Waals surface area contributed by atoms with E-state index in [0.29, 0.717) is 22.4 Å².